The molecule has 0 radical (unpaired) electrons. The van der Waals surface area contributed by atoms with Crippen molar-refractivity contribution in [2.75, 3.05) is 11.9 Å². The summed E-state index contributed by atoms with van der Waals surface area (Å²) in [5.41, 5.74) is 4.90. The third-order valence-corrected chi connectivity index (χ3v) is 7.28. The fourth-order valence-electron chi connectivity index (χ4n) is 4.39. The summed E-state index contributed by atoms with van der Waals surface area (Å²) in [4.78, 5) is 24.1. The van der Waals surface area contributed by atoms with Crippen LogP contribution in [0.2, 0.25) is 0 Å². The van der Waals surface area contributed by atoms with Crippen LogP contribution in [0.15, 0.2) is 6.07 Å². The Bertz CT molecular complexity index is 959. The molecule has 3 amide bonds. The molecule has 2 N–H and O–H groups in total. The molecule has 11 heteroatoms. The molecule has 0 aromatic heterocycles. The van der Waals surface area contributed by atoms with Gasteiger partial charge in [-0.1, -0.05) is 6.07 Å². The highest BCUT2D eigenvalue weighted by atomic mass is 32.2. The monoisotopic (exact) mass is 431 g/mol. The Labute approximate surface area is 165 Å². The lowest BCUT2D eigenvalue weighted by Crippen LogP contribution is -2.62. The molecule has 1 heterocycles. The molecule has 1 aromatic rings. The molecule has 1 atom stereocenters. The fourth-order valence-corrected chi connectivity index (χ4v) is 5.72. The van der Waals surface area contributed by atoms with Gasteiger partial charge in [-0.05, 0) is 60.8 Å². The van der Waals surface area contributed by atoms with Gasteiger partial charge in [0.25, 0.3) is 10.0 Å². The Morgan fingerprint density at radius 3 is 2.21 bits per heavy atom. The van der Waals surface area contributed by atoms with Crippen LogP contribution in [-0.2, 0) is 40.5 Å². The molecule has 2 aliphatic carbocycles. The maximum Gasteiger partial charge on any atom is 0.406 e. The SMILES string of the molecule is O=C(Nc1c2c(cc3c1CCC3)CCC2)NS(=O)(=O)C1CC(=O)N1CC(F)(F)F. The van der Waals surface area contributed by atoms with E-state index in [0.29, 0.717) is 5.69 Å². The van der Waals surface area contributed by atoms with Gasteiger partial charge in [-0.3, -0.25) is 4.79 Å². The van der Waals surface area contributed by atoms with Crippen molar-refractivity contribution in [2.45, 2.75) is 56.5 Å². The second-order valence-corrected chi connectivity index (χ2v) is 9.47. The van der Waals surface area contributed by atoms with Gasteiger partial charge >= 0.3 is 12.2 Å². The smallest absolute Gasteiger partial charge is 0.314 e. The van der Waals surface area contributed by atoms with Gasteiger partial charge in [0, 0.05) is 5.69 Å². The first-order valence-corrected chi connectivity index (χ1v) is 10.9. The van der Waals surface area contributed by atoms with Crippen LogP contribution in [0.4, 0.5) is 23.7 Å². The molecule has 1 aromatic carbocycles. The van der Waals surface area contributed by atoms with Crippen LogP contribution in [0, 0.1) is 0 Å². The quantitative estimate of drug-likeness (QED) is 0.715. The normalized spacial score (nSPS) is 20.9. The number of aryl methyl sites for hydroxylation is 2. The van der Waals surface area contributed by atoms with Crippen LogP contribution in [0.1, 0.15) is 41.5 Å². The average molecular weight is 431 g/mol. The maximum absolute atomic E-state index is 12.6. The zero-order valence-corrected chi connectivity index (χ0v) is 16.3. The van der Waals surface area contributed by atoms with Crippen LogP contribution in [0.3, 0.4) is 0 Å². The number of hydrogen-bond donors (Lipinski definition) is 2. The highest BCUT2D eigenvalue weighted by Crippen LogP contribution is 2.38. The summed E-state index contributed by atoms with van der Waals surface area (Å²) in [7, 11) is -4.48. The van der Waals surface area contributed by atoms with E-state index in [1.807, 2.05) is 0 Å². The lowest BCUT2D eigenvalue weighted by Gasteiger charge is -2.39. The van der Waals surface area contributed by atoms with Gasteiger partial charge in [0.2, 0.25) is 5.91 Å². The van der Waals surface area contributed by atoms with Crippen molar-refractivity contribution in [3.05, 3.63) is 28.3 Å². The number of fused-ring (bicyclic) bond motifs is 2. The number of nitrogens with one attached hydrogen (secondary N) is 2. The van der Waals surface area contributed by atoms with Crippen LogP contribution in [0.5, 0.6) is 0 Å². The second kappa shape index (κ2) is 6.89. The number of sulfonamides is 1. The Morgan fingerprint density at radius 2 is 1.69 bits per heavy atom. The molecule has 29 heavy (non-hydrogen) atoms. The summed E-state index contributed by atoms with van der Waals surface area (Å²) in [6.45, 7) is -1.67. The molecule has 7 nitrogen and oxygen atoms in total. The van der Waals surface area contributed by atoms with Gasteiger partial charge in [0.05, 0.1) is 6.42 Å². The van der Waals surface area contributed by atoms with Crippen molar-refractivity contribution < 1.29 is 31.2 Å². The predicted octanol–water partition coefficient (Wildman–Crippen LogP) is 2.24. The van der Waals surface area contributed by atoms with E-state index >= 15 is 0 Å². The van der Waals surface area contributed by atoms with Gasteiger partial charge < -0.3 is 10.2 Å². The van der Waals surface area contributed by atoms with Gasteiger partial charge in [-0.2, -0.15) is 13.2 Å². The Kier molecular flexibility index (Phi) is 4.75. The Morgan fingerprint density at radius 1 is 1.10 bits per heavy atom. The van der Waals surface area contributed by atoms with Crippen LogP contribution < -0.4 is 10.0 Å². The lowest BCUT2D eigenvalue weighted by molar-refractivity contribution is -0.173. The molecule has 1 fully saturated rings. The van der Waals surface area contributed by atoms with E-state index < -0.39 is 46.5 Å². The van der Waals surface area contributed by atoms with Crippen molar-refractivity contribution in [3.63, 3.8) is 0 Å². The number of nitrogens with zero attached hydrogens (tertiary/aromatic N) is 1. The van der Waals surface area contributed by atoms with E-state index in [4.69, 9.17) is 0 Å². The molecule has 0 saturated carbocycles. The first-order valence-electron chi connectivity index (χ1n) is 9.40. The molecule has 4 rings (SSSR count). The average Bonchev–Trinajstić information content (AvgIpc) is 3.25. The van der Waals surface area contributed by atoms with Crippen molar-refractivity contribution in [2.24, 2.45) is 0 Å². The van der Waals surface area contributed by atoms with Crippen molar-refractivity contribution in [1.82, 2.24) is 9.62 Å². The molecule has 1 unspecified atom stereocenters. The number of halogens is 3. The van der Waals surface area contributed by atoms with Crippen LogP contribution >= 0.6 is 0 Å². The molecule has 1 saturated heterocycles. The Hall–Kier alpha value is -2.30. The van der Waals surface area contributed by atoms with E-state index in [2.05, 4.69) is 11.4 Å². The van der Waals surface area contributed by atoms with E-state index in [-0.39, 0.29) is 4.90 Å². The molecular weight excluding hydrogens is 411 g/mol. The number of carbonyl (C=O) groups is 2. The summed E-state index contributed by atoms with van der Waals surface area (Å²) >= 11 is 0. The summed E-state index contributed by atoms with van der Waals surface area (Å²) in [6.07, 6.45) is -0.0660. The van der Waals surface area contributed by atoms with Gasteiger partial charge in [-0.25, -0.2) is 17.9 Å². The standard InChI is InChI=1S/C18H20F3N3O4S/c19-18(20,21)9-24-14(25)8-15(24)29(27,28)23-17(26)22-16-12-5-1-3-10(12)7-11-4-2-6-13(11)16/h7,15H,1-6,8-9H2,(H2,22,23,26). The highest BCUT2D eigenvalue weighted by molar-refractivity contribution is 7.90. The third-order valence-electron chi connectivity index (χ3n) is 5.67. The third kappa shape index (κ3) is 3.79. The zero-order chi connectivity index (χ0) is 21.0. The summed E-state index contributed by atoms with van der Waals surface area (Å²) in [5, 5.41) is 0.908. The number of likely N-dealkylation sites (tertiary alicyclic amines) is 1. The van der Waals surface area contributed by atoms with Gasteiger partial charge in [0.15, 0.2) is 5.37 Å². The van der Waals surface area contributed by atoms with Crippen molar-refractivity contribution in [3.8, 4) is 0 Å². The van der Waals surface area contributed by atoms with Crippen LogP contribution in [-0.4, -0.2) is 43.4 Å². The van der Waals surface area contributed by atoms with E-state index in [1.54, 1.807) is 4.72 Å². The molecule has 158 valence electrons. The van der Waals surface area contributed by atoms with E-state index in [9.17, 15) is 31.2 Å². The number of hydrogen-bond acceptors (Lipinski definition) is 4. The molecule has 3 aliphatic rings. The zero-order valence-electron chi connectivity index (χ0n) is 15.4. The number of alkyl halides is 3. The molecule has 1 aliphatic heterocycles. The fraction of sp³-hybridized carbons (Fsp3) is 0.556. The maximum atomic E-state index is 12.6. The minimum Gasteiger partial charge on any atom is -0.314 e. The predicted molar refractivity (Wildman–Crippen MR) is 97.7 cm³/mol. The number of anilines is 1. The number of urea groups is 1. The topological polar surface area (TPSA) is 95.6 Å². The summed E-state index contributed by atoms with van der Waals surface area (Å²) in [6, 6.07) is 1.13. The number of rotatable bonds is 4. The first kappa shape index (κ1) is 20.0. The minimum atomic E-state index is -4.72. The molecule has 0 bridgehead atoms. The first-order chi connectivity index (χ1) is 13.5. The van der Waals surface area contributed by atoms with Crippen LogP contribution in [0.25, 0.3) is 0 Å². The summed E-state index contributed by atoms with van der Waals surface area (Å²) < 4.78 is 64.3. The molecular formula is C18H20F3N3O4S. The summed E-state index contributed by atoms with van der Waals surface area (Å²) in [5.74, 6) is -0.920. The lowest BCUT2D eigenvalue weighted by atomic mass is 9.99. The van der Waals surface area contributed by atoms with Gasteiger partial charge in [-0.15, -0.1) is 0 Å². The number of benzene rings is 1. The highest BCUT2D eigenvalue weighted by Gasteiger charge is 2.50. The van der Waals surface area contributed by atoms with Gasteiger partial charge in [0.1, 0.15) is 6.54 Å². The molecule has 0 spiro atoms. The Balaban J connectivity index is 1.50. The number of β-lactam (4-membered cyclic amide) rings is 1. The van der Waals surface area contributed by atoms with E-state index in [0.717, 1.165) is 60.8 Å². The van der Waals surface area contributed by atoms with E-state index in [1.165, 1.54) is 0 Å². The van der Waals surface area contributed by atoms with Crippen molar-refractivity contribution >= 4 is 27.6 Å². The van der Waals surface area contributed by atoms with Crippen molar-refractivity contribution in [1.29, 1.82) is 0 Å². The minimum absolute atomic E-state index is 0.216. The second-order valence-electron chi connectivity index (χ2n) is 7.63. The number of carbonyl (C=O) groups excluding carboxylic acids is 2. The largest absolute Gasteiger partial charge is 0.406 e. The number of amides is 3.